The Bertz CT molecular complexity index is 223. The lowest BCUT2D eigenvalue weighted by molar-refractivity contribution is 0.280. The van der Waals surface area contributed by atoms with Crippen LogP contribution in [-0.4, -0.2) is 40.8 Å². The van der Waals surface area contributed by atoms with E-state index in [2.05, 4.69) is 4.90 Å². The molecule has 1 fully saturated rings. The lowest BCUT2D eigenvalue weighted by Gasteiger charge is -2.29. The molecule has 1 heterocycles. The van der Waals surface area contributed by atoms with E-state index < -0.39 is 9.73 Å². The summed E-state index contributed by atoms with van der Waals surface area (Å²) in [5.41, 5.74) is 0. The van der Waals surface area contributed by atoms with Gasteiger partial charge in [-0.05, 0) is 26.4 Å². The first-order valence-electron chi connectivity index (χ1n) is 3.91. The van der Waals surface area contributed by atoms with E-state index in [0.717, 1.165) is 25.9 Å². The molecule has 1 N–H and O–H groups in total. The molecule has 0 radical (unpaired) electrons. The Morgan fingerprint density at radius 3 is 2.64 bits per heavy atom. The molecule has 0 saturated carbocycles. The summed E-state index contributed by atoms with van der Waals surface area (Å²) in [6.07, 6.45) is 3.60. The average molecular weight is 176 g/mol. The van der Waals surface area contributed by atoms with Crippen molar-refractivity contribution < 1.29 is 4.21 Å². The highest BCUT2D eigenvalue weighted by molar-refractivity contribution is 7.92. The molecule has 1 aliphatic heterocycles. The Morgan fingerprint density at radius 2 is 2.27 bits per heavy atom. The summed E-state index contributed by atoms with van der Waals surface area (Å²) in [6, 6.07) is 0. The molecule has 66 valence electrons. The van der Waals surface area contributed by atoms with Crippen molar-refractivity contribution in [1.82, 2.24) is 4.90 Å². The van der Waals surface area contributed by atoms with Crippen molar-refractivity contribution in [3.63, 3.8) is 0 Å². The second-order valence-corrected chi connectivity index (χ2v) is 5.90. The minimum Gasteiger partial charge on any atom is -0.305 e. The molecule has 0 bridgehead atoms. The topological polar surface area (TPSA) is 44.2 Å². The molecule has 4 heteroatoms. The minimum atomic E-state index is -2.30. The first kappa shape index (κ1) is 9.00. The normalized spacial score (nSPS) is 33.1. The molecule has 0 amide bonds. The van der Waals surface area contributed by atoms with Gasteiger partial charge in [0.15, 0.2) is 0 Å². The molecule has 3 nitrogen and oxygen atoms in total. The summed E-state index contributed by atoms with van der Waals surface area (Å²) in [5, 5.41) is 0.0984. The van der Waals surface area contributed by atoms with Gasteiger partial charge in [0.05, 0.1) is 5.25 Å². The molecule has 0 aromatic heterocycles. The second kappa shape index (κ2) is 3.11. The molecule has 1 aliphatic rings. The molecule has 11 heavy (non-hydrogen) atoms. The zero-order valence-electron chi connectivity index (χ0n) is 7.17. The zero-order chi connectivity index (χ0) is 8.48. The lowest BCUT2D eigenvalue weighted by Crippen LogP contribution is -2.39. The van der Waals surface area contributed by atoms with Gasteiger partial charge in [-0.15, -0.1) is 0 Å². The van der Waals surface area contributed by atoms with Crippen LogP contribution in [0.3, 0.4) is 0 Å². The van der Waals surface area contributed by atoms with Crippen molar-refractivity contribution >= 4 is 9.73 Å². The first-order valence-corrected chi connectivity index (χ1v) is 5.94. The average Bonchev–Trinajstić information content (AvgIpc) is 1.86. The van der Waals surface area contributed by atoms with Crippen LogP contribution in [0.1, 0.15) is 12.8 Å². The quantitative estimate of drug-likeness (QED) is 0.641. The van der Waals surface area contributed by atoms with Gasteiger partial charge in [-0.3, -0.25) is 4.78 Å². The maximum atomic E-state index is 11.3. The van der Waals surface area contributed by atoms with E-state index in [1.807, 2.05) is 7.05 Å². The number of nitrogens with one attached hydrogen (secondary N) is 1. The summed E-state index contributed by atoms with van der Waals surface area (Å²) in [7, 11) is -0.275. The zero-order valence-corrected chi connectivity index (χ0v) is 7.99. The van der Waals surface area contributed by atoms with E-state index in [4.69, 9.17) is 4.78 Å². The summed E-state index contributed by atoms with van der Waals surface area (Å²) in [6.45, 7) is 1.92. The predicted molar refractivity (Wildman–Crippen MR) is 47.3 cm³/mol. The van der Waals surface area contributed by atoms with Crippen LogP contribution in [-0.2, 0) is 9.73 Å². The Balaban J connectivity index is 2.60. The van der Waals surface area contributed by atoms with E-state index in [-0.39, 0.29) is 5.25 Å². The Morgan fingerprint density at radius 1 is 1.64 bits per heavy atom. The molecule has 0 aromatic carbocycles. The largest absolute Gasteiger partial charge is 0.305 e. The highest BCUT2D eigenvalue weighted by atomic mass is 32.2. The summed E-state index contributed by atoms with van der Waals surface area (Å²) < 4.78 is 18.7. The number of piperidine rings is 1. The van der Waals surface area contributed by atoms with Crippen LogP contribution in [0.2, 0.25) is 0 Å². The lowest BCUT2D eigenvalue weighted by atomic mass is 10.1. The fraction of sp³-hybridized carbons (Fsp3) is 1.00. The highest BCUT2D eigenvalue weighted by Gasteiger charge is 2.22. The van der Waals surface area contributed by atoms with Gasteiger partial charge in [0.1, 0.15) is 0 Å². The van der Waals surface area contributed by atoms with Gasteiger partial charge in [-0.2, -0.15) is 0 Å². The summed E-state index contributed by atoms with van der Waals surface area (Å²) in [5.74, 6) is 0. The van der Waals surface area contributed by atoms with Gasteiger partial charge in [-0.1, -0.05) is 0 Å². The maximum absolute atomic E-state index is 11.3. The van der Waals surface area contributed by atoms with Gasteiger partial charge >= 0.3 is 0 Å². The highest BCUT2D eigenvalue weighted by Crippen LogP contribution is 2.14. The summed E-state index contributed by atoms with van der Waals surface area (Å²) in [4.78, 5) is 2.16. The Labute approximate surface area is 68.8 Å². The van der Waals surface area contributed by atoms with Crippen LogP contribution in [0, 0.1) is 4.78 Å². The van der Waals surface area contributed by atoms with E-state index in [9.17, 15) is 4.21 Å². The first-order chi connectivity index (χ1) is 5.00. The number of hydrogen-bond donors (Lipinski definition) is 1. The molecule has 2 atom stereocenters. The molecule has 0 aromatic rings. The van der Waals surface area contributed by atoms with Gasteiger partial charge in [0, 0.05) is 22.5 Å². The van der Waals surface area contributed by atoms with E-state index in [1.54, 1.807) is 6.26 Å². The van der Waals surface area contributed by atoms with Crippen LogP contribution < -0.4 is 0 Å². The molecular formula is C7H16N2OS. The van der Waals surface area contributed by atoms with Crippen molar-refractivity contribution in [3.05, 3.63) is 0 Å². The van der Waals surface area contributed by atoms with Crippen molar-refractivity contribution in [3.8, 4) is 0 Å². The van der Waals surface area contributed by atoms with Gasteiger partial charge in [0.25, 0.3) is 0 Å². The van der Waals surface area contributed by atoms with Crippen LogP contribution in [0.15, 0.2) is 0 Å². The number of likely N-dealkylation sites (tertiary alicyclic amines) is 1. The third kappa shape index (κ3) is 2.45. The number of hydrogen-bond acceptors (Lipinski definition) is 3. The van der Waals surface area contributed by atoms with Crippen LogP contribution >= 0.6 is 0 Å². The van der Waals surface area contributed by atoms with E-state index in [0.29, 0.717) is 0 Å². The van der Waals surface area contributed by atoms with Crippen molar-refractivity contribution in [1.29, 1.82) is 4.78 Å². The Hall–Kier alpha value is -0.0900. The van der Waals surface area contributed by atoms with Crippen LogP contribution in [0.25, 0.3) is 0 Å². The molecule has 1 saturated heterocycles. The fourth-order valence-electron chi connectivity index (χ4n) is 1.49. The van der Waals surface area contributed by atoms with Crippen LogP contribution in [0.4, 0.5) is 0 Å². The van der Waals surface area contributed by atoms with Crippen molar-refractivity contribution in [2.24, 2.45) is 0 Å². The monoisotopic (exact) mass is 176 g/mol. The third-order valence-electron chi connectivity index (χ3n) is 2.22. The Kier molecular flexibility index (Phi) is 2.54. The molecule has 0 aliphatic carbocycles. The van der Waals surface area contributed by atoms with Gasteiger partial charge < -0.3 is 4.90 Å². The molecular weight excluding hydrogens is 160 g/mol. The number of nitrogens with zero attached hydrogens (tertiary/aromatic N) is 1. The number of rotatable bonds is 1. The van der Waals surface area contributed by atoms with E-state index >= 15 is 0 Å². The van der Waals surface area contributed by atoms with Crippen molar-refractivity contribution in [2.45, 2.75) is 18.1 Å². The SMILES string of the molecule is CN1CCCC(S(C)(=N)=O)C1. The second-order valence-electron chi connectivity index (χ2n) is 3.43. The van der Waals surface area contributed by atoms with Crippen molar-refractivity contribution in [2.75, 3.05) is 26.4 Å². The predicted octanol–water partition coefficient (Wildman–Crippen LogP) is 0.757. The van der Waals surface area contributed by atoms with Gasteiger partial charge in [0.2, 0.25) is 0 Å². The molecule has 2 unspecified atom stereocenters. The van der Waals surface area contributed by atoms with Gasteiger partial charge in [-0.25, -0.2) is 4.21 Å². The smallest absolute Gasteiger partial charge is 0.0552 e. The molecule has 1 rings (SSSR count). The van der Waals surface area contributed by atoms with Crippen LogP contribution in [0.5, 0.6) is 0 Å². The molecule has 0 spiro atoms. The van der Waals surface area contributed by atoms with E-state index in [1.165, 1.54) is 0 Å². The summed E-state index contributed by atoms with van der Waals surface area (Å²) >= 11 is 0. The minimum absolute atomic E-state index is 0.0984. The fourth-order valence-corrected chi connectivity index (χ4v) is 2.64. The third-order valence-corrected chi connectivity index (χ3v) is 3.87. The standard InChI is InChI=1S/C7H16N2OS/c1-9-5-3-4-7(6-9)11(2,8)10/h7-8H,3-6H2,1-2H3. The maximum Gasteiger partial charge on any atom is 0.0552 e.